The fourth-order valence-corrected chi connectivity index (χ4v) is 2.22. The number of carbonyl (C=O) groups is 1. The van der Waals surface area contributed by atoms with E-state index in [1.165, 1.54) is 0 Å². The van der Waals surface area contributed by atoms with Gasteiger partial charge in [-0.15, -0.1) is 0 Å². The third kappa shape index (κ3) is 2.78. The van der Waals surface area contributed by atoms with Crippen LogP contribution in [0.25, 0.3) is 0 Å². The maximum Gasteiger partial charge on any atom is 0.320 e. The number of hydrogen-bond acceptors (Lipinski definition) is 3. The summed E-state index contributed by atoms with van der Waals surface area (Å²) in [6.07, 6.45) is 1.57. The molecule has 0 radical (unpaired) electrons. The van der Waals surface area contributed by atoms with Crippen LogP contribution < -0.4 is 4.72 Å². The van der Waals surface area contributed by atoms with Crippen molar-refractivity contribution in [1.29, 1.82) is 0 Å². The Labute approximate surface area is 70.8 Å². The molecule has 1 fully saturated rings. The molecular weight excluding hydrogens is 182 g/mol. The van der Waals surface area contributed by atoms with Crippen LogP contribution in [-0.4, -0.2) is 30.8 Å². The maximum atomic E-state index is 11.0. The van der Waals surface area contributed by atoms with E-state index in [1.807, 2.05) is 0 Å². The molecule has 2 N–H and O–H groups in total. The Morgan fingerprint density at radius 1 is 1.58 bits per heavy atom. The van der Waals surface area contributed by atoms with E-state index in [0.717, 1.165) is 12.8 Å². The van der Waals surface area contributed by atoms with E-state index in [0.29, 0.717) is 0 Å². The monoisotopic (exact) mass is 193 g/mol. The molecule has 1 aliphatic rings. The minimum Gasteiger partial charge on any atom is -0.480 e. The minimum absolute atomic E-state index is 0.381. The summed E-state index contributed by atoms with van der Waals surface area (Å²) in [6.45, 7) is 1.76. The molecule has 12 heavy (non-hydrogen) atoms. The first-order chi connectivity index (χ1) is 5.33. The summed E-state index contributed by atoms with van der Waals surface area (Å²) in [5.74, 6) is -2.17. The van der Waals surface area contributed by atoms with Gasteiger partial charge in [0.1, 0.15) is 0 Å². The molecule has 70 valence electrons. The fourth-order valence-electron chi connectivity index (χ4n) is 0.864. The number of aliphatic carboxylic acids is 1. The largest absolute Gasteiger partial charge is 0.480 e. The third-order valence-corrected chi connectivity index (χ3v) is 3.15. The van der Waals surface area contributed by atoms with E-state index >= 15 is 0 Å². The Balaban J connectivity index is 2.55. The molecule has 0 aromatic heterocycles. The molecule has 0 heterocycles. The Morgan fingerprint density at radius 2 is 2.08 bits per heavy atom. The highest BCUT2D eigenvalue weighted by Gasteiger charge is 2.41. The van der Waals surface area contributed by atoms with Crippen molar-refractivity contribution >= 4 is 16.0 Å². The van der Waals surface area contributed by atoms with Crippen molar-refractivity contribution in [3.05, 3.63) is 0 Å². The molecule has 0 unspecified atom stereocenters. The average molecular weight is 193 g/mol. The summed E-state index contributed by atoms with van der Waals surface area (Å²) in [5.41, 5.74) is -0.381. The second-order valence-electron chi connectivity index (χ2n) is 3.32. The van der Waals surface area contributed by atoms with Gasteiger partial charge in [-0.2, -0.15) is 0 Å². The summed E-state index contributed by atoms with van der Waals surface area (Å²) in [7, 11) is -3.63. The van der Waals surface area contributed by atoms with Gasteiger partial charge < -0.3 is 5.11 Å². The quantitative estimate of drug-likeness (QED) is 0.633. The number of carboxylic acids is 1. The van der Waals surface area contributed by atoms with Crippen molar-refractivity contribution < 1.29 is 18.3 Å². The summed E-state index contributed by atoms with van der Waals surface area (Å²) in [4.78, 5) is 10.1. The molecule has 0 bridgehead atoms. The molecule has 0 amide bonds. The number of sulfonamides is 1. The molecule has 1 aliphatic carbocycles. The summed E-state index contributed by atoms with van der Waals surface area (Å²) >= 11 is 0. The zero-order valence-electron chi connectivity index (χ0n) is 6.70. The van der Waals surface area contributed by atoms with Gasteiger partial charge in [0.15, 0.2) is 5.75 Å². The lowest BCUT2D eigenvalue weighted by Crippen LogP contribution is -2.37. The second kappa shape index (κ2) is 2.70. The topological polar surface area (TPSA) is 83.5 Å². The van der Waals surface area contributed by atoms with Gasteiger partial charge in [-0.1, -0.05) is 0 Å². The first kappa shape index (κ1) is 9.47. The van der Waals surface area contributed by atoms with Crippen LogP contribution in [0.3, 0.4) is 0 Å². The van der Waals surface area contributed by atoms with E-state index < -0.39 is 21.7 Å². The molecule has 0 aliphatic heterocycles. The lowest BCUT2D eigenvalue weighted by molar-refractivity contribution is -0.134. The zero-order chi connectivity index (χ0) is 9.41. The van der Waals surface area contributed by atoms with Gasteiger partial charge in [0.25, 0.3) is 0 Å². The van der Waals surface area contributed by atoms with Gasteiger partial charge in [0, 0.05) is 5.54 Å². The van der Waals surface area contributed by atoms with Crippen LogP contribution in [0.2, 0.25) is 0 Å². The van der Waals surface area contributed by atoms with E-state index in [2.05, 4.69) is 4.72 Å². The van der Waals surface area contributed by atoms with Crippen molar-refractivity contribution in [1.82, 2.24) is 4.72 Å². The van der Waals surface area contributed by atoms with Crippen molar-refractivity contribution in [2.24, 2.45) is 0 Å². The molecule has 0 spiro atoms. The van der Waals surface area contributed by atoms with Crippen molar-refractivity contribution in [2.45, 2.75) is 25.3 Å². The molecule has 5 nitrogen and oxygen atoms in total. The van der Waals surface area contributed by atoms with Crippen LogP contribution in [0.4, 0.5) is 0 Å². The highest BCUT2D eigenvalue weighted by molar-refractivity contribution is 7.90. The summed E-state index contributed by atoms with van der Waals surface area (Å²) < 4.78 is 24.3. The lowest BCUT2D eigenvalue weighted by atomic mass is 10.4. The van der Waals surface area contributed by atoms with Gasteiger partial charge in [-0.3, -0.25) is 4.79 Å². The van der Waals surface area contributed by atoms with Gasteiger partial charge in [0.2, 0.25) is 10.0 Å². The van der Waals surface area contributed by atoms with Crippen molar-refractivity contribution in [3.63, 3.8) is 0 Å². The summed E-state index contributed by atoms with van der Waals surface area (Å²) in [6, 6.07) is 0. The first-order valence-corrected chi connectivity index (χ1v) is 5.22. The maximum absolute atomic E-state index is 11.0. The number of hydrogen-bond donors (Lipinski definition) is 2. The first-order valence-electron chi connectivity index (χ1n) is 3.56. The fraction of sp³-hybridized carbons (Fsp3) is 0.833. The predicted molar refractivity (Wildman–Crippen MR) is 42.2 cm³/mol. The van der Waals surface area contributed by atoms with Crippen LogP contribution >= 0.6 is 0 Å². The molecule has 0 saturated heterocycles. The molecular formula is C6H11NO4S. The highest BCUT2D eigenvalue weighted by Crippen LogP contribution is 2.34. The van der Waals surface area contributed by atoms with Gasteiger partial charge in [0.05, 0.1) is 0 Å². The van der Waals surface area contributed by atoms with Crippen LogP contribution in [0.5, 0.6) is 0 Å². The van der Waals surface area contributed by atoms with Gasteiger partial charge >= 0.3 is 5.97 Å². The van der Waals surface area contributed by atoms with Crippen molar-refractivity contribution in [2.75, 3.05) is 5.75 Å². The van der Waals surface area contributed by atoms with E-state index in [4.69, 9.17) is 5.11 Å². The Bertz CT molecular complexity index is 291. The molecule has 0 atom stereocenters. The smallest absolute Gasteiger partial charge is 0.320 e. The Morgan fingerprint density at radius 3 is 2.42 bits per heavy atom. The van der Waals surface area contributed by atoms with E-state index in [-0.39, 0.29) is 5.54 Å². The van der Waals surface area contributed by atoms with Crippen LogP contribution in [-0.2, 0) is 14.8 Å². The number of rotatable bonds is 4. The standard InChI is InChI=1S/C6H11NO4S/c1-6(2-3-6)7-12(10,11)4-5(8)9/h7H,2-4H2,1H3,(H,8,9). The highest BCUT2D eigenvalue weighted by atomic mass is 32.2. The predicted octanol–water partition coefficient (Wildman–Crippen LogP) is -0.457. The molecule has 0 aromatic rings. The molecule has 0 aromatic carbocycles. The number of nitrogens with one attached hydrogen (secondary N) is 1. The van der Waals surface area contributed by atoms with E-state index in [9.17, 15) is 13.2 Å². The summed E-state index contributed by atoms with van der Waals surface area (Å²) in [5, 5.41) is 8.25. The van der Waals surface area contributed by atoms with Gasteiger partial charge in [-0.05, 0) is 19.8 Å². The average Bonchev–Trinajstić information content (AvgIpc) is 2.40. The number of carboxylic acid groups (broad SMARTS) is 1. The van der Waals surface area contributed by atoms with E-state index in [1.54, 1.807) is 6.92 Å². The Hall–Kier alpha value is -0.620. The van der Waals surface area contributed by atoms with Crippen LogP contribution in [0.15, 0.2) is 0 Å². The van der Waals surface area contributed by atoms with Crippen LogP contribution in [0.1, 0.15) is 19.8 Å². The van der Waals surface area contributed by atoms with Crippen molar-refractivity contribution in [3.8, 4) is 0 Å². The second-order valence-corrected chi connectivity index (χ2v) is 5.04. The minimum atomic E-state index is -3.63. The van der Waals surface area contributed by atoms with Gasteiger partial charge in [-0.25, -0.2) is 13.1 Å². The molecule has 1 rings (SSSR count). The molecule has 6 heteroatoms. The third-order valence-electron chi connectivity index (χ3n) is 1.72. The van der Waals surface area contributed by atoms with Crippen LogP contribution in [0, 0.1) is 0 Å². The lowest BCUT2D eigenvalue weighted by Gasteiger charge is -2.09. The molecule has 1 saturated carbocycles. The Kier molecular flexibility index (Phi) is 2.13. The zero-order valence-corrected chi connectivity index (χ0v) is 7.52. The SMILES string of the molecule is CC1(NS(=O)(=O)CC(=O)O)CC1. The normalized spacial score (nSPS) is 20.4.